The number of ether oxygens (including phenoxy) is 4. The molecular formula is C73H142O17P2. The number of hydrogen-bond acceptors (Lipinski definition) is 15. The Morgan fingerprint density at radius 2 is 0.500 bits per heavy atom. The number of carbonyl (C=O) groups excluding carboxylic acids is 4. The van der Waals surface area contributed by atoms with E-state index < -0.39 is 97.5 Å². The summed E-state index contributed by atoms with van der Waals surface area (Å²) in [5.74, 6) is -0.675. The molecule has 546 valence electrons. The van der Waals surface area contributed by atoms with Gasteiger partial charge in [0.15, 0.2) is 12.2 Å². The molecule has 0 spiro atoms. The molecular weight excluding hydrogens is 1210 g/mol. The number of esters is 4. The van der Waals surface area contributed by atoms with E-state index in [2.05, 4.69) is 41.5 Å². The van der Waals surface area contributed by atoms with Gasteiger partial charge in [0, 0.05) is 25.7 Å². The summed E-state index contributed by atoms with van der Waals surface area (Å²) in [6.45, 7) is 9.45. The second-order valence-electron chi connectivity index (χ2n) is 27.3. The Hall–Kier alpha value is -1.94. The summed E-state index contributed by atoms with van der Waals surface area (Å²) < 4.78 is 68.2. The SMILES string of the molecule is CCCCCCCCCCCCCCCCCCCCCCCCC(=O)O[C@H](COC(=O)CCCCCCCCCCCCC(C)C)COP(=O)(O)OC[C@@H](O)COP(=O)(O)OC[C@@H](COC(=O)CCCCCCCCC)OC(=O)CCCCCCCCCC(C)C. The molecule has 92 heavy (non-hydrogen) atoms. The molecule has 0 amide bonds. The van der Waals surface area contributed by atoms with Crippen molar-refractivity contribution in [2.45, 2.75) is 394 Å². The Kier molecular flexibility index (Phi) is 63.7. The third-order valence-electron chi connectivity index (χ3n) is 17.0. The van der Waals surface area contributed by atoms with Crippen LogP contribution < -0.4 is 0 Å². The average molecular weight is 1350 g/mol. The Morgan fingerprint density at radius 3 is 0.739 bits per heavy atom. The molecule has 0 radical (unpaired) electrons. The monoisotopic (exact) mass is 1350 g/mol. The number of hydrogen-bond donors (Lipinski definition) is 3. The maximum atomic E-state index is 13.1. The maximum Gasteiger partial charge on any atom is 0.472 e. The van der Waals surface area contributed by atoms with Crippen molar-refractivity contribution in [3.63, 3.8) is 0 Å². The second kappa shape index (κ2) is 65.0. The molecule has 2 unspecified atom stereocenters. The van der Waals surface area contributed by atoms with E-state index in [1.165, 1.54) is 180 Å². The molecule has 0 aliphatic carbocycles. The first kappa shape index (κ1) is 90.1. The standard InChI is InChI=1S/C73H142O17P2/c1-7-9-11-13-15-16-17-18-19-20-21-22-23-24-25-26-27-28-33-39-45-51-57-72(77)89-69(62-84-71(76)56-50-44-38-32-30-29-31-36-41-47-53-65(3)4)64-88-92(81,82)86-60-67(74)59-85-91(79,80)87-63-68(61-83-70(75)55-49-43-35-14-12-10-8-2)90-73(78)58-52-46-40-34-37-42-48-54-66(5)6/h65-69,74H,7-64H2,1-6H3,(H,79,80)(H,81,82)/t67-,68+,69+/m0/s1. The summed E-state index contributed by atoms with van der Waals surface area (Å²) in [4.78, 5) is 72.4. The van der Waals surface area contributed by atoms with Gasteiger partial charge in [0.1, 0.15) is 19.3 Å². The first-order valence-electron chi connectivity index (χ1n) is 38.0. The van der Waals surface area contributed by atoms with E-state index in [-0.39, 0.29) is 25.7 Å². The highest BCUT2D eigenvalue weighted by Gasteiger charge is 2.30. The van der Waals surface area contributed by atoms with Crippen LogP contribution in [0.5, 0.6) is 0 Å². The lowest BCUT2D eigenvalue weighted by Crippen LogP contribution is -2.30. The number of aliphatic hydroxyl groups is 1. The van der Waals surface area contributed by atoms with Crippen molar-refractivity contribution in [3.8, 4) is 0 Å². The van der Waals surface area contributed by atoms with Gasteiger partial charge in [0.25, 0.3) is 0 Å². The van der Waals surface area contributed by atoms with Gasteiger partial charge in [-0.2, -0.15) is 0 Å². The minimum atomic E-state index is -4.95. The zero-order chi connectivity index (χ0) is 67.9. The van der Waals surface area contributed by atoms with E-state index in [1.54, 1.807) is 0 Å². The van der Waals surface area contributed by atoms with E-state index in [9.17, 15) is 43.2 Å². The zero-order valence-corrected chi connectivity index (χ0v) is 61.6. The van der Waals surface area contributed by atoms with Crippen molar-refractivity contribution in [1.29, 1.82) is 0 Å². The predicted octanol–water partition coefficient (Wildman–Crippen LogP) is 21.2. The van der Waals surface area contributed by atoms with Crippen LogP contribution >= 0.6 is 15.6 Å². The number of phosphoric acid groups is 2. The van der Waals surface area contributed by atoms with Gasteiger partial charge < -0.3 is 33.8 Å². The Balaban J connectivity index is 5.13. The normalized spacial score (nSPS) is 14.1. The molecule has 5 atom stereocenters. The van der Waals surface area contributed by atoms with Crippen LogP contribution in [0.4, 0.5) is 0 Å². The van der Waals surface area contributed by atoms with Gasteiger partial charge in [0.05, 0.1) is 26.4 Å². The van der Waals surface area contributed by atoms with Crippen LogP contribution in [0.2, 0.25) is 0 Å². The van der Waals surface area contributed by atoms with Gasteiger partial charge in [0.2, 0.25) is 0 Å². The van der Waals surface area contributed by atoms with Gasteiger partial charge in [-0.1, -0.05) is 324 Å². The molecule has 0 saturated heterocycles. The van der Waals surface area contributed by atoms with Gasteiger partial charge in [-0.3, -0.25) is 37.3 Å². The molecule has 0 aromatic heterocycles. The highest BCUT2D eigenvalue weighted by atomic mass is 31.2. The highest BCUT2D eigenvalue weighted by Crippen LogP contribution is 2.45. The van der Waals surface area contributed by atoms with Crippen molar-refractivity contribution >= 4 is 39.5 Å². The summed E-state index contributed by atoms with van der Waals surface area (Å²) in [5, 5.41) is 10.6. The fraction of sp³-hybridized carbons (Fsp3) is 0.945. The maximum absolute atomic E-state index is 13.1. The minimum Gasteiger partial charge on any atom is -0.462 e. The molecule has 0 aliphatic rings. The minimum absolute atomic E-state index is 0.103. The second-order valence-corrected chi connectivity index (χ2v) is 30.2. The van der Waals surface area contributed by atoms with Crippen LogP contribution in [0.25, 0.3) is 0 Å². The van der Waals surface area contributed by atoms with Crippen LogP contribution in [-0.4, -0.2) is 96.7 Å². The Morgan fingerprint density at radius 1 is 0.293 bits per heavy atom. The van der Waals surface area contributed by atoms with Crippen LogP contribution in [0, 0.1) is 11.8 Å². The van der Waals surface area contributed by atoms with E-state index in [1.807, 2.05) is 0 Å². The van der Waals surface area contributed by atoms with Crippen LogP contribution in [0.3, 0.4) is 0 Å². The van der Waals surface area contributed by atoms with E-state index in [4.69, 9.17) is 37.0 Å². The first-order valence-corrected chi connectivity index (χ1v) is 41.0. The first-order chi connectivity index (χ1) is 44.4. The Labute approximate surface area is 562 Å². The molecule has 0 saturated carbocycles. The largest absolute Gasteiger partial charge is 0.472 e. The fourth-order valence-corrected chi connectivity index (χ4v) is 12.7. The van der Waals surface area contributed by atoms with Gasteiger partial charge in [-0.15, -0.1) is 0 Å². The summed E-state index contributed by atoms with van der Waals surface area (Å²) in [6, 6.07) is 0. The van der Waals surface area contributed by atoms with Crippen LogP contribution in [0.1, 0.15) is 375 Å². The third kappa shape index (κ3) is 66.7. The van der Waals surface area contributed by atoms with Crippen molar-refractivity contribution in [1.82, 2.24) is 0 Å². The van der Waals surface area contributed by atoms with Gasteiger partial charge >= 0.3 is 39.5 Å². The number of unbranched alkanes of at least 4 members (excludes halogenated alkanes) is 42. The number of aliphatic hydroxyl groups excluding tert-OH is 1. The summed E-state index contributed by atoms with van der Waals surface area (Å²) in [7, 11) is -9.90. The van der Waals surface area contributed by atoms with Crippen molar-refractivity contribution in [3.05, 3.63) is 0 Å². The summed E-state index contributed by atoms with van der Waals surface area (Å²) >= 11 is 0. The lowest BCUT2D eigenvalue weighted by atomic mass is 10.0. The predicted molar refractivity (Wildman–Crippen MR) is 372 cm³/mol. The number of phosphoric ester groups is 2. The quantitative estimate of drug-likeness (QED) is 0.0222. The third-order valence-corrected chi connectivity index (χ3v) is 18.9. The topological polar surface area (TPSA) is 237 Å². The number of rotatable bonds is 72. The summed E-state index contributed by atoms with van der Waals surface area (Å²) in [5.41, 5.74) is 0. The van der Waals surface area contributed by atoms with Gasteiger partial charge in [-0.25, -0.2) is 9.13 Å². The molecule has 0 rings (SSSR count). The highest BCUT2D eigenvalue weighted by molar-refractivity contribution is 7.47. The smallest absolute Gasteiger partial charge is 0.462 e. The number of carbonyl (C=O) groups is 4. The molecule has 0 bridgehead atoms. The molecule has 17 nitrogen and oxygen atoms in total. The molecule has 0 aromatic rings. The van der Waals surface area contributed by atoms with E-state index >= 15 is 0 Å². The Bertz CT molecular complexity index is 1790. The van der Waals surface area contributed by atoms with Crippen molar-refractivity contribution < 1.29 is 80.2 Å². The zero-order valence-electron chi connectivity index (χ0n) is 59.9. The molecule has 0 fully saturated rings. The lowest BCUT2D eigenvalue weighted by molar-refractivity contribution is -0.161. The van der Waals surface area contributed by atoms with Crippen molar-refractivity contribution in [2.75, 3.05) is 39.6 Å². The van der Waals surface area contributed by atoms with E-state index in [0.29, 0.717) is 31.6 Å². The molecule has 19 heteroatoms. The summed E-state index contributed by atoms with van der Waals surface area (Å²) in [6.07, 6.45) is 51.8. The van der Waals surface area contributed by atoms with Crippen LogP contribution in [-0.2, 0) is 65.4 Å². The van der Waals surface area contributed by atoms with Gasteiger partial charge in [-0.05, 0) is 37.5 Å². The average Bonchev–Trinajstić information content (AvgIpc) is 1.38. The fourth-order valence-electron chi connectivity index (χ4n) is 11.1. The molecule has 3 N–H and O–H groups in total. The van der Waals surface area contributed by atoms with Crippen LogP contribution in [0.15, 0.2) is 0 Å². The molecule has 0 aliphatic heterocycles. The molecule has 0 heterocycles. The lowest BCUT2D eigenvalue weighted by Gasteiger charge is -2.21. The molecule has 0 aromatic carbocycles. The van der Waals surface area contributed by atoms with Crippen molar-refractivity contribution in [2.24, 2.45) is 11.8 Å². The van der Waals surface area contributed by atoms with E-state index in [0.717, 1.165) is 109 Å².